The van der Waals surface area contributed by atoms with Gasteiger partial charge in [-0.3, -0.25) is 9.59 Å². The van der Waals surface area contributed by atoms with Gasteiger partial charge in [-0.25, -0.2) is 4.39 Å². The van der Waals surface area contributed by atoms with E-state index in [1.165, 1.54) is 18.2 Å². The summed E-state index contributed by atoms with van der Waals surface area (Å²) in [6.07, 6.45) is 1.29. The van der Waals surface area contributed by atoms with Gasteiger partial charge in [0.1, 0.15) is 11.6 Å². The van der Waals surface area contributed by atoms with Crippen molar-refractivity contribution in [3.8, 4) is 5.75 Å². The van der Waals surface area contributed by atoms with E-state index < -0.39 is 5.82 Å². The molecule has 2 aromatic carbocycles. The van der Waals surface area contributed by atoms with E-state index in [2.05, 4.69) is 0 Å². The lowest BCUT2D eigenvalue weighted by atomic mass is 9.90. The average Bonchev–Trinajstić information content (AvgIpc) is 2.73. The fraction of sp³-hybridized carbons (Fsp3) is 0.364. The Morgan fingerprint density at radius 1 is 1.00 bits per heavy atom. The van der Waals surface area contributed by atoms with Gasteiger partial charge in [0, 0.05) is 38.2 Å². The standard InChI is InChI=1S/C22H23FN2O3/c23-18-5-3-4-17(14-18)22(27)25-11-9-24(10-12-25)21(26)15-16-8-13-28-20-7-2-1-6-19(16)20/h1-7,14,16H,8-13,15H2/t16-/m0/s1. The average molecular weight is 382 g/mol. The van der Waals surface area contributed by atoms with Gasteiger partial charge in [0.2, 0.25) is 5.91 Å². The molecule has 0 spiro atoms. The Morgan fingerprint density at radius 3 is 2.54 bits per heavy atom. The van der Waals surface area contributed by atoms with Crippen LogP contribution in [0, 0.1) is 5.82 Å². The van der Waals surface area contributed by atoms with Crippen molar-refractivity contribution in [3.63, 3.8) is 0 Å². The van der Waals surface area contributed by atoms with E-state index in [1.807, 2.05) is 29.2 Å². The van der Waals surface area contributed by atoms with Gasteiger partial charge in [-0.15, -0.1) is 0 Å². The fourth-order valence-electron chi connectivity index (χ4n) is 3.93. The number of rotatable bonds is 3. The first-order chi connectivity index (χ1) is 13.6. The van der Waals surface area contributed by atoms with Gasteiger partial charge in [-0.2, -0.15) is 0 Å². The fourth-order valence-corrected chi connectivity index (χ4v) is 3.93. The summed E-state index contributed by atoms with van der Waals surface area (Å²) in [6, 6.07) is 13.6. The zero-order chi connectivity index (χ0) is 19.5. The highest BCUT2D eigenvalue weighted by molar-refractivity contribution is 5.94. The molecular formula is C22H23FN2O3. The third kappa shape index (κ3) is 3.86. The van der Waals surface area contributed by atoms with Gasteiger partial charge in [0.05, 0.1) is 6.61 Å². The van der Waals surface area contributed by atoms with Crippen molar-refractivity contribution >= 4 is 11.8 Å². The number of para-hydroxylation sites is 1. The molecule has 0 saturated carbocycles. The first kappa shape index (κ1) is 18.5. The van der Waals surface area contributed by atoms with Crippen LogP contribution >= 0.6 is 0 Å². The first-order valence-corrected chi connectivity index (χ1v) is 9.66. The zero-order valence-corrected chi connectivity index (χ0v) is 15.6. The molecule has 0 unspecified atom stereocenters. The Labute approximate surface area is 163 Å². The van der Waals surface area contributed by atoms with E-state index in [-0.39, 0.29) is 17.7 Å². The lowest BCUT2D eigenvalue weighted by molar-refractivity contribution is -0.133. The third-order valence-electron chi connectivity index (χ3n) is 5.49. The summed E-state index contributed by atoms with van der Waals surface area (Å²) < 4.78 is 19.0. The molecule has 1 atom stereocenters. The Kier molecular flexibility index (Phi) is 5.28. The van der Waals surface area contributed by atoms with Crippen molar-refractivity contribution in [1.29, 1.82) is 0 Å². The summed E-state index contributed by atoms with van der Waals surface area (Å²) in [4.78, 5) is 28.8. The number of hydrogen-bond acceptors (Lipinski definition) is 3. The summed E-state index contributed by atoms with van der Waals surface area (Å²) in [6.45, 7) is 2.57. The molecule has 0 aromatic heterocycles. The van der Waals surface area contributed by atoms with Crippen LogP contribution in [-0.2, 0) is 4.79 Å². The summed E-state index contributed by atoms with van der Waals surface area (Å²) in [5.41, 5.74) is 1.45. The van der Waals surface area contributed by atoms with Crippen molar-refractivity contribution in [2.45, 2.75) is 18.8 Å². The molecule has 0 N–H and O–H groups in total. The predicted octanol–water partition coefficient (Wildman–Crippen LogP) is 3.07. The number of halogens is 1. The first-order valence-electron chi connectivity index (χ1n) is 9.66. The quantitative estimate of drug-likeness (QED) is 0.820. The van der Waals surface area contributed by atoms with Crippen molar-refractivity contribution < 1.29 is 18.7 Å². The Bertz CT molecular complexity index is 878. The molecule has 0 bridgehead atoms. The van der Waals surface area contributed by atoms with Crippen LogP contribution in [0.2, 0.25) is 0 Å². The zero-order valence-electron chi connectivity index (χ0n) is 15.6. The number of ether oxygens (including phenoxy) is 1. The lowest BCUT2D eigenvalue weighted by Gasteiger charge is -2.36. The molecule has 0 aliphatic carbocycles. The van der Waals surface area contributed by atoms with Gasteiger partial charge in [-0.05, 0) is 42.2 Å². The highest BCUT2D eigenvalue weighted by atomic mass is 19.1. The van der Waals surface area contributed by atoms with Crippen LogP contribution in [0.25, 0.3) is 0 Å². The monoisotopic (exact) mass is 382 g/mol. The molecule has 2 aliphatic heterocycles. The van der Waals surface area contributed by atoms with E-state index in [0.717, 1.165) is 17.7 Å². The maximum Gasteiger partial charge on any atom is 0.254 e. The van der Waals surface area contributed by atoms with E-state index in [4.69, 9.17) is 4.74 Å². The SMILES string of the molecule is O=C(C[C@@H]1CCOc2ccccc21)N1CCN(C(=O)c2cccc(F)c2)CC1. The van der Waals surface area contributed by atoms with E-state index in [1.54, 1.807) is 11.0 Å². The molecule has 4 rings (SSSR count). The van der Waals surface area contributed by atoms with E-state index in [0.29, 0.717) is 44.8 Å². The van der Waals surface area contributed by atoms with E-state index >= 15 is 0 Å². The second kappa shape index (κ2) is 8.00. The van der Waals surface area contributed by atoms with Crippen molar-refractivity contribution in [2.75, 3.05) is 32.8 Å². The maximum atomic E-state index is 13.4. The molecule has 2 heterocycles. The molecule has 1 fully saturated rings. The number of piperazine rings is 1. The molecule has 2 amide bonds. The number of fused-ring (bicyclic) bond motifs is 1. The van der Waals surface area contributed by atoms with Crippen molar-refractivity contribution in [3.05, 3.63) is 65.5 Å². The van der Waals surface area contributed by atoms with E-state index in [9.17, 15) is 14.0 Å². The Balaban J connectivity index is 1.34. The Morgan fingerprint density at radius 2 is 1.75 bits per heavy atom. The van der Waals surface area contributed by atoms with Gasteiger partial charge >= 0.3 is 0 Å². The minimum atomic E-state index is -0.420. The molecule has 2 aliphatic rings. The highest BCUT2D eigenvalue weighted by Gasteiger charge is 2.29. The topological polar surface area (TPSA) is 49.9 Å². The van der Waals surface area contributed by atoms with Crippen LogP contribution in [0.4, 0.5) is 4.39 Å². The third-order valence-corrected chi connectivity index (χ3v) is 5.49. The lowest BCUT2D eigenvalue weighted by Crippen LogP contribution is -2.50. The smallest absolute Gasteiger partial charge is 0.254 e. The molecule has 28 heavy (non-hydrogen) atoms. The number of carbonyl (C=O) groups excluding carboxylic acids is 2. The molecule has 5 nitrogen and oxygen atoms in total. The summed E-state index contributed by atoms with van der Waals surface area (Å²) in [5, 5.41) is 0. The number of benzene rings is 2. The summed E-state index contributed by atoms with van der Waals surface area (Å²) in [7, 11) is 0. The molecule has 1 saturated heterocycles. The van der Waals surface area contributed by atoms with Gasteiger partial charge in [-0.1, -0.05) is 24.3 Å². The van der Waals surface area contributed by atoms with Crippen LogP contribution in [0.3, 0.4) is 0 Å². The molecule has 146 valence electrons. The van der Waals surface area contributed by atoms with Gasteiger partial charge < -0.3 is 14.5 Å². The van der Waals surface area contributed by atoms with Crippen LogP contribution in [0.15, 0.2) is 48.5 Å². The van der Waals surface area contributed by atoms with Gasteiger partial charge in [0.15, 0.2) is 0 Å². The number of hydrogen-bond donors (Lipinski definition) is 0. The van der Waals surface area contributed by atoms with Crippen molar-refractivity contribution in [1.82, 2.24) is 9.80 Å². The maximum absolute atomic E-state index is 13.4. The predicted molar refractivity (Wildman–Crippen MR) is 103 cm³/mol. The number of amides is 2. The largest absolute Gasteiger partial charge is 0.493 e. The highest BCUT2D eigenvalue weighted by Crippen LogP contribution is 2.35. The second-order valence-electron chi connectivity index (χ2n) is 7.26. The van der Waals surface area contributed by atoms with Crippen LogP contribution < -0.4 is 4.74 Å². The molecule has 6 heteroatoms. The minimum Gasteiger partial charge on any atom is -0.493 e. The molecule has 0 radical (unpaired) electrons. The molecular weight excluding hydrogens is 359 g/mol. The normalized spacial score (nSPS) is 19.0. The van der Waals surface area contributed by atoms with Crippen LogP contribution in [0.1, 0.15) is 34.7 Å². The molecule has 2 aromatic rings. The Hall–Kier alpha value is -2.89. The number of nitrogens with zero attached hydrogens (tertiary/aromatic N) is 2. The van der Waals surface area contributed by atoms with Crippen LogP contribution in [0.5, 0.6) is 5.75 Å². The summed E-state index contributed by atoms with van der Waals surface area (Å²) in [5.74, 6) is 0.544. The number of carbonyl (C=O) groups is 2. The van der Waals surface area contributed by atoms with Gasteiger partial charge in [0.25, 0.3) is 5.91 Å². The van der Waals surface area contributed by atoms with Crippen LogP contribution in [-0.4, -0.2) is 54.4 Å². The van der Waals surface area contributed by atoms with Crippen molar-refractivity contribution in [2.24, 2.45) is 0 Å². The summed E-state index contributed by atoms with van der Waals surface area (Å²) >= 11 is 0. The minimum absolute atomic E-state index is 0.111. The second-order valence-corrected chi connectivity index (χ2v) is 7.26.